The molecule has 0 atom stereocenters. The minimum Gasteiger partial charge on any atom is -0.308 e. The first kappa shape index (κ1) is 9.33. The van der Waals surface area contributed by atoms with E-state index in [4.69, 9.17) is 11.6 Å². The van der Waals surface area contributed by atoms with Gasteiger partial charge in [-0.25, -0.2) is 0 Å². The first-order valence-corrected chi connectivity index (χ1v) is 5.92. The van der Waals surface area contributed by atoms with Gasteiger partial charge >= 0.3 is 0 Å². The summed E-state index contributed by atoms with van der Waals surface area (Å²) in [6.45, 7) is 2.69. The van der Waals surface area contributed by atoms with Crippen LogP contribution in [0.2, 0.25) is 4.34 Å². The molecule has 1 aliphatic rings. The number of hydrogen-bond acceptors (Lipinski definition) is 4. The van der Waals surface area contributed by atoms with E-state index in [0.29, 0.717) is 0 Å². The number of thiophene rings is 1. The Morgan fingerprint density at radius 1 is 1.40 bits per heavy atom. The summed E-state index contributed by atoms with van der Waals surface area (Å²) in [5, 5.41) is 11.6. The molecule has 15 heavy (non-hydrogen) atoms. The van der Waals surface area contributed by atoms with E-state index < -0.39 is 0 Å². The number of rotatable bonds is 1. The van der Waals surface area contributed by atoms with Crippen molar-refractivity contribution in [1.29, 1.82) is 0 Å². The molecule has 0 bridgehead atoms. The van der Waals surface area contributed by atoms with Crippen LogP contribution >= 0.6 is 22.9 Å². The molecule has 2 aromatic heterocycles. The molecule has 0 aliphatic carbocycles. The molecule has 0 amide bonds. The van der Waals surface area contributed by atoms with Crippen molar-refractivity contribution in [2.45, 2.75) is 13.1 Å². The molecule has 0 unspecified atom stereocenters. The molecule has 0 radical (unpaired) electrons. The van der Waals surface area contributed by atoms with E-state index in [1.165, 1.54) is 11.3 Å². The summed E-state index contributed by atoms with van der Waals surface area (Å²) in [5.41, 5.74) is 0. The Bertz CT molecular complexity index is 490. The highest BCUT2D eigenvalue weighted by atomic mass is 35.5. The topological polar surface area (TPSA) is 42.7 Å². The average Bonchev–Trinajstić information content (AvgIpc) is 2.83. The lowest BCUT2D eigenvalue weighted by Gasteiger charge is -2.15. The molecule has 4 nitrogen and oxygen atoms in total. The van der Waals surface area contributed by atoms with Gasteiger partial charge in [-0.2, -0.15) is 0 Å². The molecule has 0 saturated carbocycles. The Kier molecular flexibility index (Phi) is 2.23. The number of hydrogen-bond donors (Lipinski definition) is 1. The van der Waals surface area contributed by atoms with Crippen molar-refractivity contribution in [2.75, 3.05) is 6.54 Å². The van der Waals surface area contributed by atoms with Crippen LogP contribution in [0.25, 0.3) is 10.7 Å². The molecule has 1 N–H and O–H groups in total. The smallest absolute Gasteiger partial charge is 0.174 e. The van der Waals surface area contributed by atoms with Crippen LogP contribution in [0.3, 0.4) is 0 Å². The highest BCUT2D eigenvalue weighted by Crippen LogP contribution is 2.30. The molecule has 3 rings (SSSR count). The number of nitrogens with zero attached hydrogens (tertiary/aromatic N) is 3. The normalized spacial score (nSPS) is 15.3. The highest BCUT2D eigenvalue weighted by Gasteiger charge is 2.17. The molecule has 0 fully saturated rings. The lowest BCUT2D eigenvalue weighted by atomic mass is 10.4. The van der Waals surface area contributed by atoms with Crippen molar-refractivity contribution in [1.82, 2.24) is 20.1 Å². The third-order valence-corrected chi connectivity index (χ3v) is 3.64. The maximum absolute atomic E-state index is 5.91. The van der Waals surface area contributed by atoms with Gasteiger partial charge in [0.2, 0.25) is 0 Å². The van der Waals surface area contributed by atoms with Crippen molar-refractivity contribution in [3.05, 3.63) is 22.3 Å². The third-order valence-electron chi connectivity index (χ3n) is 2.42. The van der Waals surface area contributed by atoms with Gasteiger partial charge in [0.15, 0.2) is 5.82 Å². The van der Waals surface area contributed by atoms with Gasteiger partial charge < -0.3 is 9.88 Å². The van der Waals surface area contributed by atoms with Gasteiger partial charge in [-0.05, 0) is 12.1 Å². The van der Waals surface area contributed by atoms with Gasteiger partial charge in [-0.1, -0.05) is 11.6 Å². The molecule has 2 aromatic rings. The van der Waals surface area contributed by atoms with Crippen LogP contribution in [0, 0.1) is 0 Å². The molecular weight excluding hydrogens is 232 g/mol. The SMILES string of the molecule is Clc1ccc(-c2nnc3n2CCNC3)s1. The minimum absolute atomic E-state index is 0.788. The van der Waals surface area contributed by atoms with E-state index in [0.717, 1.165) is 40.5 Å². The molecule has 1 aliphatic heterocycles. The average molecular weight is 241 g/mol. The predicted molar refractivity (Wildman–Crippen MR) is 60.1 cm³/mol. The van der Waals surface area contributed by atoms with Gasteiger partial charge in [0.05, 0.1) is 15.8 Å². The van der Waals surface area contributed by atoms with E-state index in [2.05, 4.69) is 20.1 Å². The van der Waals surface area contributed by atoms with Crippen LogP contribution in [0.15, 0.2) is 12.1 Å². The first-order valence-electron chi connectivity index (χ1n) is 4.73. The van der Waals surface area contributed by atoms with Crippen LogP contribution in [0.1, 0.15) is 5.82 Å². The highest BCUT2D eigenvalue weighted by molar-refractivity contribution is 7.19. The van der Waals surface area contributed by atoms with E-state index in [-0.39, 0.29) is 0 Å². The fourth-order valence-corrected chi connectivity index (χ4v) is 2.75. The van der Waals surface area contributed by atoms with Gasteiger partial charge in [0.25, 0.3) is 0 Å². The second kappa shape index (κ2) is 3.59. The zero-order valence-corrected chi connectivity index (χ0v) is 9.48. The standard InChI is InChI=1S/C9H9ClN4S/c10-7-2-1-6(15-7)9-13-12-8-5-11-3-4-14(8)9/h1-2,11H,3-5H2. The van der Waals surface area contributed by atoms with E-state index in [1.807, 2.05) is 12.1 Å². The summed E-state index contributed by atoms with van der Waals surface area (Å²) in [6.07, 6.45) is 0. The Morgan fingerprint density at radius 3 is 3.13 bits per heavy atom. The summed E-state index contributed by atoms with van der Waals surface area (Å²) in [4.78, 5) is 1.08. The van der Waals surface area contributed by atoms with Crippen molar-refractivity contribution in [3.63, 3.8) is 0 Å². The third kappa shape index (κ3) is 1.56. The lowest BCUT2D eigenvalue weighted by Crippen LogP contribution is -2.28. The van der Waals surface area contributed by atoms with Crippen molar-refractivity contribution >= 4 is 22.9 Å². The van der Waals surface area contributed by atoms with Gasteiger partial charge in [0.1, 0.15) is 5.82 Å². The molecule has 0 saturated heterocycles. The zero-order valence-electron chi connectivity index (χ0n) is 7.90. The second-order valence-electron chi connectivity index (χ2n) is 3.37. The summed E-state index contributed by atoms with van der Waals surface area (Å²) in [5.74, 6) is 1.93. The fraction of sp³-hybridized carbons (Fsp3) is 0.333. The van der Waals surface area contributed by atoms with E-state index in [9.17, 15) is 0 Å². The van der Waals surface area contributed by atoms with Gasteiger partial charge in [0, 0.05) is 13.1 Å². The van der Waals surface area contributed by atoms with Crippen molar-refractivity contribution < 1.29 is 0 Å². The molecule has 0 aromatic carbocycles. The van der Waals surface area contributed by atoms with E-state index in [1.54, 1.807) is 0 Å². The molecule has 6 heteroatoms. The minimum atomic E-state index is 0.788. The number of fused-ring (bicyclic) bond motifs is 1. The molecular formula is C9H9ClN4S. The maximum atomic E-state index is 5.91. The largest absolute Gasteiger partial charge is 0.308 e. The zero-order chi connectivity index (χ0) is 10.3. The summed E-state index contributed by atoms with van der Waals surface area (Å²) >= 11 is 7.45. The Hall–Kier alpha value is -0.910. The summed E-state index contributed by atoms with van der Waals surface area (Å²) in [6, 6.07) is 3.89. The number of halogens is 1. The molecule has 3 heterocycles. The predicted octanol–water partition coefficient (Wildman–Crippen LogP) is 1.76. The number of aromatic nitrogens is 3. The quantitative estimate of drug-likeness (QED) is 0.826. The Morgan fingerprint density at radius 2 is 2.33 bits per heavy atom. The van der Waals surface area contributed by atoms with Crippen molar-refractivity contribution in [3.8, 4) is 10.7 Å². The lowest BCUT2D eigenvalue weighted by molar-refractivity contribution is 0.508. The summed E-state index contributed by atoms with van der Waals surface area (Å²) < 4.78 is 2.94. The first-order chi connectivity index (χ1) is 7.34. The van der Waals surface area contributed by atoms with E-state index >= 15 is 0 Å². The van der Waals surface area contributed by atoms with Crippen LogP contribution in [-0.4, -0.2) is 21.3 Å². The van der Waals surface area contributed by atoms with Gasteiger partial charge in [-0.15, -0.1) is 21.5 Å². The van der Waals surface area contributed by atoms with Crippen LogP contribution in [0.4, 0.5) is 0 Å². The van der Waals surface area contributed by atoms with Crippen LogP contribution < -0.4 is 5.32 Å². The Balaban J connectivity index is 2.08. The number of nitrogens with one attached hydrogen (secondary N) is 1. The maximum Gasteiger partial charge on any atom is 0.174 e. The summed E-state index contributed by atoms with van der Waals surface area (Å²) in [7, 11) is 0. The molecule has 78 valence electrons. The second-order valence-corrected chi connectivity index (χ2v) is 5.09. The molecule has 0 spiro atoms. The van der Waals surface area contributed by atoms with Crippen LogP contribution in [0.5, 0.6) is 0 Å². The van der Waals surface area contributed by atoms with Crippen molar-refractivity contribution in [2.24, 2.45) is 0 Å². The monoisotopic (exact) mass is 240 g/mol. The fourth-order valence-electron chi connectivity index (χ4n) is 1.71. The van der Waals surface area contributed by atoms with Gasteiger partial charge in [-0.3, -0.25) is 0 Å². The Labute approximate surface area is 95.9 Å². The van der Waals surface area contributed by atoms with Crippen LogP contribution in [-0.2, 0) is 13.1 Å².